The Morgan fingerprint density at radius 3 is 2.41 bits per heavy atom. The number of nitrogens with zero attached hydrogens (tertiary/aromatic N) is 1. The number of rotatable bonds is 3. The Morgan fingerprint density at radius 2 is 1.69 bits per heavy atom. The highest BCUT2D eigenvalue weighted by molar-refractivity contribution is 6.09. The lowest BCUT2D eigenvalue weighted by atomic mass is 10.1. The Hall–Kier alpha value is -3.93. The first-order valence-electron chi connectivity index (χ1n) is 8.97. The van der Waals surface area contributed by atoms with Crippen LogP contribution in [0.15, 0.2) is 77.6 Å². The van der Waals surface area contributed by atoms with Gasteiger partial charge in [0.15, 0.2) is 0 Å². The number of aromatic nitrogens is 1. The van der Waals surface area contributed by atoms with Crippen molar-refractivity contribution in [1.29, 1.82) is 0 Å². The number of hydrogen-bond acceptors (Lipinski definition) is 3. The number of amides is 1. The predicted octanol–water partition coefficient (Wildman–Crippen LogP) is 4.40. The van der Waals surface area contributed by atoms with Crippen molar-refractivity contribution in [2.45, 2.75) is 6.92 Å². The number of aryl methyl sites for hydroxylation is 1. The number of hydrogen-bond donors (Lipinski definition) is 2. The Balaban J connectivity index is 1.93. The van der Waals surface area contributed by atoms with Crippen molar-refractivity contribution in [2.24, 2.45) is 0 Å². The van der Waals surface area contributed by atoms with Crippen LogP contribution in [0.25, 0.3) is 16.6 Å². The minimum absolute atomic E-state index is 0.356. The van der Waals surface area contributed by atoms with E-state index in [-0.39, 0.29) is 5.56 Å². The lowest BCUT2D eigenvalue weighted by Gasteiger charge is -2.15. The first-order chi connectivity index (χ1) is 14.0. The van der Waals surface area contributed by atoms with Crippen molar-refractivity contribution in [1.82, 2.24) is 4.57 Å². The van der Waals surface area contributed by atoms with Crippen LogP contribution in [0.4, 0.5) is 10.1 Å². The van der Waals surface area contributed by atoms with Crippen molar-refractivity contribution in [2.75, 3.05) is 5.32 Å². The van der Waals surface area contributed by atoms with E-state index in [2.05, 4.69) is 5.32 Å². The van der Waals surface area contributed by atoms with Gasteiger partial charge in [-0.1, -0.05) is 30.3 Å². The number of anilines is 1. The summed E-state index contributed by atoms with van der Waals surface area (Å²) in [5.41, 5.74) is 0.883. The molecule has 2 N–H and O–H groups in total. The summed E-state index contributed by atoms with van der Waals surface area (Å²) >= 11 is 0. The van der Waals surface area contributed by atoms with Crippen LogP contribution in [-0.4, -0.2) is 15.6 Å². The number of aromatic hydroxyl groups is 1. The molecule has 0 unspecified atom stereocenters. The fourth-order valence-electron chi connectivity index (χ4n) is 3.32. The Kier molecular flexibility index (Phi) is 4.60. The number of pyridine rings is 1. The van der Waals surface area contributed by atoms with Crippen molar-refractivity contribution in [3.63, 3.8) is 0 Å². The second-order valence-corrected chi connectivity index (χ2v) is 6.63. The quantitative estimate of drug-likeness (QED) is 0.547. The minimum atomic E-state index is -0.766. The molecular formula is C23H17FN2O3. The van der Waals surface area contributed by atoms with Crippen LogP contribution in [0, 0.1) is 12.7 Å². The third-order valence-electron chi connectivity index (χ3n) is 4.73. The third kappa shape index (κ3) is 3.25. The van der Waals surface area contributed by atoms with Crippen LogP contribution in [0.3, 0.4) is 0 Å². The van der Waals surface area contributed by atoms with Gasteiger partial charge in [-0.25, -0.2) is 4.39 Å². The third-order valence-corrected chi connectivity index (χ3v) is 4.73. The molecule has 0 spiro atoms. The molecule has 6 heteroatoms. The molecule has 0 radical (unpaired) electrons. The van der Waals surface area contributed by atoms with E-state index in [0.29, 0.717) is 27.8 Å². The van der Waals surface area contributed by atoms with E-state index < -0.39 is 23.0 Å². The van der Waals surface area contributed by atoms with E-state index in [0.717, 1.165) is 0 Å². The second kappa shape index (κ2) is 7.24. The molecule has 0 aliphatic heterocycles. The van der Waals surface area contributed by atoms with Crippen molar-refractivity contribution >= 4 is 22.5 Å². The second-order valence-electron chi connectivity index (χ2n) is 6.63. The fraction of sp³-hybridized carbons (Fsp3) is 0.0435. The summed E-state index contributed by atoms with van der Waals surface area (Å²) in [5, 5.41) is 13.7. The summed E-state index contributed by atoms with van der Waals surface area (Å²) in [7, 11) is 0. The Bertz CT molecular complexity index is 1300. The van der Waals surface area contributed by atoms with E-state index in [1.54, 1.807) is 55.5 Å². The first kappa shape index (κ1) is 18.4. The summed E-state index contributed by atoms with van der Waals surface area (Å²) in [6, 6.07) is 19.6. The normalized spacial score (nSPS) is 10.8. The summed E-state index contributed by atoms with van der Waals surface area (Å²) in [6.07, 6.45) is 0. The average molecular weight is 388 g/mol. The highest BCUT2D eigenvalue weighted by atomic mass is 19.1. The van der Waals surface area contributed by atoms with Gasteiger partial charge >= 0.3 is 0 Å². The number of carbonyl (C=O) groups excluding carboxylic acids is 1. The van der Waals surface area contributed by atoms with Crippen LogP contribution >= 0.6 is 0 Å². The average Bonchev–Trinajstić information content (AvgIpc) is 2.71. The minimum Gasteiger partial charge on any atom is -0.506 e. The zero-order valence-electron chi connectivity index (χ0n) is 15.5. The van der Waals surface area contributed by atoms with Crippen LogP contribution in [0.5, 0.6) is 5.75 Å². The molecular weight excluding hydrogens is 371 g/mol. The molecule has 144 valence electrons. The summed E-state index contributed by atoms with van der Waals surface area (Å²) in [6.45, 7) is 1.64. The lowest BCUT2D eigenvalue weighted by molar-refractivity contribution is 0.102. The molecule has 1 heterocycles. The fourth-order valence-corrected chi connectivity index (χ4v) is 3.32. The van der Waals surface area contributed by atoms with E-state index in [9.17, 15) is 19.1 Å². The van der Waals surface area contributed by atoms with Gasteiger partial charge in [0.25, 0.3) is 11.5 Å². The van der Waals surface area contributed by atoms with Crippen LogP contribution < -0.4 is 10.9 Å². The van der Waals surface area contributed by atoms with Crippen molar-refractivity contribution < 1.29 is 14.3 Å². The molecule has 0 fully saturated rings. The predicted molar refractivity (Wildman–Crippen MR) is 110 cm³/mol. The Labute approximate surface area is 165 Å². The topological polar surface area (TPSA) is 71.3 Å². The lowest BCUT2D eigenvalue weighted by Crippen LogP contribution is -2.29. The van der Waals surface area contributed by atoms with E-state index in [1.807, 2.05) is 6.07 Å². The van der Waals surface area contributed by atoms with Crippen molar-refractivity contribution in [3.05, 3.63) is 100 Å². The monoisotopic (exact) mass is 388 g/mol. The largest absolute Gasteiger partial charge is 0.506 e. The molecule has 0 aliphatic rings. The highest BCUT2D eigenvalue weighted by Crippen LogP contribution is 2.28. The molecule has 0 bridgehead atoms. The molecule has 4 aromatic rings. The van der Waals surface area contributed by atoms with Gasteiger partial charge in [-0.05, 0) is 55.0 Å². The zero-order chi connectivity index (χ0) is 20.5. The number of carbonyl (C=O) groups is 1. The molecule has 1 aromatic heterocycles. The van der Waals surface area contributed by atoms with Gasteiger partial charge in [0.1, 0.15) is 17.1 Å². The Morgan fingerprint density at radius 1 is 1.00 bits per heavy atom. The first-order valence-corrected chi connectivity index (χ1v) is 8.97. The van der Waals surface area contributed by atoms with Gasteiger partial charge in [-0.2, -0.15) is 0 Å². The van der Waals surface area contributed by atoms with E-state index >= 15 is 0 Å². The van der Waals surface area contributed by atoms with Gasteiger partial charge in [0.05, 0.1) is 5.52 Å². The van der Waals surface area contributed by atoms with Crippen LogP contribution in [-0.2, 0) is 0 Å². The molecule has 29 heavy (non-hydrogen) atoms. The standard InChI is InChI=1S/C23H17FN2O3/c1-14-13-15(24)11-12-18(14)25-22(28)20-21(27)17-9-5-6-10-19(17)26(23(20)29)16-7-3-2-4-8-16/h2-13,27H,1H3,(H,25,28). The SMILES string of the molecule is Cc1cc(F)ccc1NC(=O)c1c(O)c2ccccc2n(-c2ccccc2)c1=O. The summed E-state index contributed by atoms with van der Waals surface area (Å²) in [5.74, 6) is -1.59. The number of benzene rings is 3. The maximum Gasteiger partial charge on any atom is 0.272 e. The molecule has 5 nitrogen and oxygen atoms in total. The molecule has 0 saturated heterocycles. The molecule has 0 aliphatic carbocycles. The van der Waals surface area contributed by atoms with Crippen LogP contribution in [0.2, 0.25) is 0 Å². The van der Waals surface area contributed by atoms with Gasteiger partial charge in [-0.3, -0.25) is 14.2 Å². The number of fused-ring (bicyclic) bond motifs is 1. The maximum atomic E-state index is 13.3. The number of para-hydroxylation sites is 2. The van der Waals surface area contributed by atoms with Gasteiger partial charge < -0.3 is 10.4 Å². The number of nitrogens with one attached hydrogen (secondary N) is 1. The van der Waals surface area contributed by atoms with Gasteiger partial charge in [0.2, 0.25) is 0 Å². The molecule has 4 rings (SSSR count). The molecule has 3 aromatic carbocycles. The molecule has 1 amide bonds. The van der Waals surface area contributed by atoms with Gasteiger partial charge in [0, 0.05) is 16.8 Å². The highest BCUT2D eigenvalue weighted by Gasteiger charge is 2.23. The van der Waals surface area contributed by atoms with E-state index in [1.165, 1.54) is 22.8 Å². The van der Waals surface area contributed by atoms with E-state index in [4.69, 9.17) is 0 Å². The summed E-state index contributed by atoms with van der Waals surface area (Å²) in [4.78, 5) is 26.2. The maximum absolute atomic E-state index is 13.3. The van der Waals surface area contributed by atoms with Gasteiger partial charge in [-0.15, -0.1) is 0 Å². The number of halogens is 1. The molecule has 0 atom stereocenters. The smallest absolute Gasteiger partial charge is 0.272 e. The molecule has 0 saturated carbocycles. The van der Waals surface area contributed by atoms with Crippen LogP contribution in [0.1, 0.15) is 15.9 Å². The zero-order valence-corrected chi connectivity index (χ0v) is 15.5. The summed E-state index contributed by atoms with van der Waals surface area (Å²) < 4.78 is 14.7. The van der Waals surface area contributed by atoms with Crippen molar-refractivity contribution in [3.8, 4) is 11.4 Å².